The van der Waals surface area contributed by atoms with Gasteiger partial charge in [0, 0.05) is 3.57 Å². The Bertz CT molecular complexity index is 1230. The average Bonchev–Trinajstić information content (AvgIpc) is 3.08. The van der Waals surface area contributed by atoms with Gasteiger partial charge in [-0.3, -0.25) is 14.5 Å². The van der Waals surface area contributed by atoms with Crippen LogP contribution in [0, 0.1) is 10.5 Å². The van der Waals surface area contributed by atoms with E-state index >= 15 is 0 Å². The van der Waals surface area contributed by atoms with E-state index in [1.807, 2.05) is 73.7 Å². The van der Waals surface area contributed by atoms with Crippen molar-refractivity contribution >= 4 is 67.5 Å². The Labute approximate surface area is 224 Å². The van der Waals surface area contributed by atoms with Gasteiger partial charge in [-0.1, -0.05) is 35.9 Å². The molecule has 3 aromatic carbocycles. The Morgan fingerprint density at radius 2 is 1.74 bits per heavy atom. The van der Waals surface area contributed by atoms with Gasteiger partial charge in [0.25, 0.3) is 11.1 Å². The number of hydrogen-bond donors (Lipinski definition) is 0. The largest absolute Gasteiger partial charge is 0.492 e. The van der Waals surface area contributed by atoms with Gasteiger partial charge in [0.15, 0.2) is 0 Å². The quantitative estimate of drug-likeness (QED) is 0.193. The lowest BCUT2D eigenvalue weighted by molar-refractivity contribution is -0.123. The fourth-order valence-electron chi connectivity index (χ4n) is 3.20. The number of ether oxygens (including phenoxy) is 2. The summed E-state index contributed by atoms with van der Waals surface area (Å²) in [7, 11) is 0. The highest BCUT2D eigenvalue weighted by molar-refractivity contribution is 14.1. The maximum Gasteiger partial charge on any atom is 0.293 e. The second kappa shape index (κ2) is 11.4. The summed E-state index contributed by atoms with van der Waals surface area (Å²) in [6, 6.07) is 21.4. The molecule has 0 bridgehead atoms. The van der Waals surface area contributed by atoms with Crippen LogP contribution in [0.5, 0.6) is 11.5 Å². The third-order valence-corrected chi connectivity index (χ3v) is 7.29. The monoisotopic (exact) mass is 649 g/mol. The molecule has 0 unspecified atom stereocenters. The van der Waals surface area contributed by atoms with Crippen molar-refractivity contribution in [3.05, 3.63) is 96.4 Å². The summed E-state index contributed by atoms with van der Waals surface area (Å²) in [5.74, 6) is 1.11. The number of carbonyl (C=O) groups excluding carboxylic acids is 2. The van der Waals surface area contributed by atoms with Gasteiger partial charge < -0.3 is 9.47 Å². The van der Waals surface area contributed by atoms with Gasteiger partial charge in [0.1, 0.15) is 24.7 Å². The van der Waals surface area contributed by atoms with Crippen LogP contribution in [0.1, 0.15) is 16.7 Å². The molecule has 3 aromatic rings. The molecule has 5 nitrogen and oxygen atoms in total. The van der Waals surface area contributed by atoms with E-state index in [1.165, 1.54) is 8.47 Å². The summed E-state index contributed by atoms with van der Waals surface area (Å²) in [5, 5.41) is -0.291. The van der Waals surface area contributed by atoms with Crippen molar-refractivity contribution in [3.8, 4) is 11.5 Å². The maximum atomic E-state index is 12.8. The van der Waals surface area contributed by atoms with Crippen LogP contribution >= 0.6 is 50.3 Å². The summed E-state index contributed by atoms with van der Waals surface area (Å²) in [4.78, 5) is 26.8. The number of carbonyl (C=O) groups is 2. The Morgan fingerprint density at radius 3 is 2.44 bits per heavy atom. The van der Waals surface area contributed by atoms with Crippen LogP contribution < -0.4 is 9.47 Å². The van der Waals surface area contributed by atoms with Gasteiger partial charge in [-0.2, -0.15) is 0 Å². The standard InChI is InChI=1S/C26H21BrINO4S/c1-17-2-9-21(10-3-17)32-13-12-29-25(30)24(34-26(29)31)15-19-6-11-23(22(27)14-19)33-16-18-4-7-20(28)8-5-18/h2-11,14-15H,12-13,16H2,1H3/b24-15-. The highest BCUT2D eigenvalue weighted by Gasteiger charge is 2.34. The Balaban J connectivity index is 1.35. The van der Waals surface area contributed by atoms with E-state index < -0.39 is 0 Å². The van der Waals surface area contributed by atoms with Crippen molar-refractivity contribution in [3.63, 3.8) is 0 Å². The molecule has 0 N–H and O–H groups in total. The molecule has 2 amide bonds. The SMILES string of the molecule is Cc1ccc(OCCN2C(=O)S/C(=C\c3ccc(OCc4ccc(I)cc4)c(Br)c3)C2=O)cc1. The van der Waals surface area contributed by atoms with Crippen LogP contribution in [0.3, 0.4) is 0 Å². The van der Waals surface area contributed by atoms with Crippen LogP contribution in [0.15, 0.2) is 76.1 Å². The van der Waals surface area contributed by atoms with Crippen molar-refractivity contribution in [2.45, 2.75) is 13.5 Å². The molecular weight excluding hydrogens is 629 g/mol. The van der Waals surface area contributed by atoms with Crippen LogP contribution in [0.2, 0.25) is 0 Å². The van der Waals surface area contributed by atoms with Crippen molar-refractivity contribution in [2.24, 2.45) is 0 Å². The van der Waals surface area contributed by atoms with E-state index in [1.54, 1.807) is 6.08 Å². The number of aryl methyl sites for hydroxylation is 1. The van der Waals surface area contributed by atoms with Crippen LogP contribution in [-0.4, -0.2) is 29.2 Å². The fraction of sp³-hybridized carbons (Fsp3) is 0.154. The van der Waals surface area contributed by atoms with Gasteiger partial charge >= 0.3 is 0 Å². The molecule has 1 heterocycles. The normalized spacial score (nSPS) is 14.7. The highest BCUT2D eigenvalue weighted by Crippen LogP contribution is 2.34. The predicted octanol–water partition coefficient (Wildman–Crippen LogP) is 7.06. The minimum Gasteiger partial charge on any atom is -0.492 e. The number of amides is 2. The van der Waals surface area contributed by atoms with Crippen LogP contribution in [0.25, 0.3) is 6.08 Å². The topological polar surface area (TPSA) is 55.8 Å². The molecule has 1 saturated heterocycles. The second-order valence-electron chi connectivity index (χ2n) is 7.60. The van der Waals surface area contributed by atoms with Gasteiger partial charge in [-0.15, -0.1) is 0 Å². The Morgan fingerprint density at radius 1 is 1.00 bits per heavy atom. The summed E-state index contributed by atoms with van der Waals surface area (Å²) in [5.41, 5.74) is 3.02. The molecule has 1 aliphatic rings. The minimum atomic E-state index is -0.308. The van der Waals surface area contributed by atoms with E-state index in [2.05, 4.69) is 38.5 Å². The molecule has 0 spiro atoms. The lowest BCUT2D eigenvalue weighted by atomic mass is 10.2. The molecular formula is C26H21BrINO4S. The van der Waals surface area contributed by atoms with Gasteiger partial charge in [-0.05, 0) is 111 Å². The van der Waals surface area contributed by atoms with E-state index in [9.17, 15) is 9.59 Å². The van der Waals surface area contributed by atoms with Crippen LogP contribution in [0.4, 0.5) is 4.79 Å². The molecule has 1 fully saturated rings. The smallest absolute Gasteiger partial charge is 0.293 e. The van der Waals surface area contributed by atoms with Crippen molar-refractivity contribution in [1.82, 2.24) is 4.90 Å². The first-order valence-electron chi connectivity index (χ1n) is 10.5. The number of benzene rings is 3. The molecule has 0 radical (unpaired) electrons. The maximum absolute atomic E-state index is 12.8. The number of imide groups is 1. The molecule has 174 valence electrons. The van der Waals surface area contributed by atoms with Gasteiger partial charge in [0.05, 0.1) is 15.9 Å². The Hall–Kier alpha value is -2.30. The van der Waals surface area contributed by atoms with Crippen molar-refractivity contribution in [2.75, 3.05) is 13.2 Å². The molecule has 0 atom stereocenters. The minimum absolute atomic E-state index is 0.199. The van der Waals surface area contributed by atoms with Gasteiger partial charge in [0.2, 0.25) is 0 Å². The average molecular weight is 650 g/mol. The molecule has 8 heteroatoms. The van der Waals surface area contributed by atoms with Crippen molar-refractivity contribution in [1.29, 1.82) is 0 Å². The summed E-state index contributed by atoms with van der Waals surface area (Å²) >= 11 is 6.75. The predicted molar refractivity (Wildman–Crippen MR) is 147 cm³/mol. The third kappa shape index (κ3) is 6.43. The van der Waals surface area contributed by atoms with E-state index in [4.69, 9.17) is 9.47 Å². The molecule has 4 rings (SSSR count). The summed E-state index contributed by atoms with van der Waals surface area (Å²) < 4.78 is 13.5. The summed E-state index contributed by atoms with van der Waals surface area (Å²) in [6.07, 6.45) is 1.72. The summed E-state index contributed by atoms with van der Waals surface area (Å²) in [6.45, 7) is 2.90. The first-order valence-corrected chi connectivity index (χ1v) is 13.2. The second-order valence-corrected chi connectivity index (χ2v) is 10.7. The first-order chi connectivity index (χ1) is 16.4. The van der Waals surface area contributed by atoms with Gasteiger partial charge in [-0.25, -0.2) is 0 Å². The lowest BCUT2D eigenvalue weighted by Crippen LogP contribution is -2.32. The van der Waals surface area contributed by atoms with E-state index in [0.29, 0.717) is 23.0 Å². The number of hydrogen-bond acceptors (Lipinski definition) is 5. The zero-order valence-electron chi connectivity index (χ0n) is 18.3. The van der Waals surface area contributed by atoms with E-state index in [0.717, 1.165) is 32.9 Å². The zero-order valence-corrected chi connectivity index (χ0v) is 22.9. The third-order valence-electron chi connectivity index (χ3n) is 5.04. The van der Waals surface area contributed by atoms with Crippen LogP contribution in [-0.2, 0) is 11.4 Å². The first kappa shape index (κ1) is 24.8. The Kier molecular flexibility index (Phi) is 8.33. The lowest BCUT2D eigenvalue weighted by Gasteiger charge is -2.13. The fourth-order valence-corrected chi connectivity index (χ4v) is 4.93. The number of rotatable bonds is 8. The number of thioether (sulfide) groups is 1. The molecule has 0 aliphatic carbocycles. The zero-order chi connectivity index (χ0) is 24.1. The molecule has 1 aliphatic heterocycles. The molecule has 34 heavy (non-hydrogen) atoms. The van der Waals surface area contributed by atoms with Crippen molar-refractivity contribution < 1.29 is 19.1 Å². The number of nitrogens with zero attached hydrogens (tertiary/aromatic N) is 1. The van der Waals surface area contributed by atoms with E-state index in [-0.39, 0.29) is 24.3 Å². The molecule has 0 aromatic heterocycles. The highest BCUT2D eigenvalue weighted by atomic mass is 127. The molecule has 0 saturated carbocycles. The number of halogens is 2.